The van der Waals surface area contributed by atoms with Gasteiger partial charge in [0.15, 0.2) is 16.6 Å². The number of hydrogen-bond donors (Lipinski definition) is 1. The molecule has 0 radical (unpaired) electrons. The number of ether oxygens (including phenoxy) is 2. The van der Waals surface area contributed by atoms with E-state index >= 15 is 0 Å². The van der Waals surface area contributed by atoms with Gasteiger partial charge < -0.3 is 14.6 Å². The lowest BCUT2D eigenvalue weighted by molar-refractivity contribution is -0.132. The van der Waals surface area contributed by atoms with Crippen molar-refractivity contribution in [3.8, 4) is 11.5 Å². The maximum Gasteiger partial charge on any atom is 0.301 e. The number of nitrogens with zero attached hydrogens (tertiary/aromatic N) is 2. The minimum Gasteiger partial charge on any atom is -0.507 e. The largest absolute Gasteiger partial charge is 0.507 e. The van der Waals surface area contributed by atoms with Gasteiger partial charge in [-0.15, -0.1) is 11.3 Å². The minimum absolute atomic E-state index is 0.0700. The number of aryl methyl sites for hydroxylation is 2. The van der Waals surface area contributed by atoms with Crippen molar-refractivity contribution in [3.05, 3.63) is 74.8 Å². The fourth-order valence-electron chi connectivity index (χ4n) is 3.77. The molecule has 7 nitrogen and oxygen atoms in total. The number of methoxy groups -OCH3 is 2. The Morgan fingerprint density at radius 2 is 1.79 bits per heavy atom. The molecule has 33 heavy (non-hydrogen) atoms. The lowest BCUT2D eigenvalue weighted by Gasteiger charge is -2.25. The Balaban J connectivity index is 2.02. The number of carbonyl (C=O) groups is 2. The zero-order valence-corrected chi connectivity index (χ0v) is 20.0. The van der Waals surface area contributed by atoms with Crippen LogP contribution in [0.1, 0.15) is 27.7 Å². The van der Waals surface area contributed by atoms with Gasteiger partial charge in [0.1, 0.15) is 11.8 Å². The lowest BCUT2D eigenvalue weighted by atomic mass is 9.94. The summed E-state index contributed by atoms with van der Waals surface area (Å²) in [5.74, 6) is -1.13. The second kappa shape index (κ2) is 8.88. The highest BCUT2D eigenvalue weighted by molar-refractivity contribution is 7.16. The summed E-state index contributed by atoms with van der Waals surface area (Å²) in [7, 11) is 2.98. The van der Waals surface area contributed by atoms with Crippen LogP contribution in [0.3, 0.4) is 0 Å². The van der Waals surface area contributed by atoms with Gasteiger partial charge in [-0.3, -0.25) is 14.5 Å². The molecule has 3 aromatic rings. The van der Waals surface area contributed by atoms with Crippen LogP contribution in [0, 0.1) is 13.8 Å². The summed E-state index contributed by atoms with van der Waals surface area (Å²) in [4.78, 5) is 33.3. The Labute approximate surface area is 199 Å². The topological polar surface area (TPSA) is 89.0 Å². The molecule has 0 aliphatic carbocycles. The molecule has 1 atom stereocenters. The fraction of sp³-hybridized carbons (Fsp3) is 0.208. The van der Waals surface area contributed by atoms with Crippen LogP contribution < -0.4 is 14.4 Å². The van der Waals surface area contributed by atoms with Crippen molar-refractivity contribution in [1.29, 1.82) is 0 Å². The molecule has 9 heteroatoms. The predicted molar refractivity (Wildman–Crippen MR) is 127 cm³/mol. The van der Waals surface area contributed by atoms with E-state index in [0.29, 0.717) is 32.8 Å². The van der Waals surface area contributed by atoms with Crippen molar-refractivity contribution in [3.63, 3.8) is 0 Å². The Kier molecular flexibility index (Phi) is 6.14. The van der Waals surface area contributed by atoms with E-state index in [1.807, 2.05) is 13.8 Å². The van der Waals surface area contributed by atoms with E-state index in [1.165, 1.54) is 30.5 Å². The predicted octanol–water partition coefficient (Wildman–Crippen LogP) is 5.06. The molecule has 0 unspecified atom stereocenters. The molecule has 4 rings (SSSR count). The van der Waals surface area contributed by atoms with Crippen molar-refractivity contribution >= 4 is 45.5 Å². The molecule has 0 spiro atoms. The SMILES string of the molecule is COc1cccc([C@@H]2/C(=C(\O)c3ccc(Cl)cc3)C(=O)C(=O)N2c2nc(C)c(C)s2)c1OC. The number of anilines is 1. The maximum absolute atomic E-state index is 13.3. The zero-order valence-electron chi connectivity index (χ0n) is 18.4. The molecule has 0 saturated carbocycles. The van der Waals surface area contributed by atoms with Gasteiger partial charge in [-0.2, -0.15) is 0 Å². The monoisotopic (exact) mass is 484 g/mol. The van der Waals surface area contributed by atoms with Gasteiger partial charge in [0, 0.05) is 21.0 Å². The number of aromatic nitrogens is 1. The Morgan fingerprint density at radius 1 is 1.09 bits per heavy atom. The van der Waals surface area contributed by atoms with E-state index in [0.717, 1.165) is 10.6 Å². The average Bonchev–Trinajstić information content (AvgIpc) is 3.28. The number of Topliss-reactive ketones (excluding diaryl/α,β-unsaturated/α-hetero) is 1. The normalized spacial score (nSPS) is 17.5. The van der Waals surface area contributed by atoms with Crippen LogP contribution in [-0.4, -0.2) is 36.0 Å². The van der Waals surface area contributed by atoms with E-state index in [9.17, 15) is 14.7 Å². The highest BCUT2D eigenvalue weighted by atomic mass is 35.5. The third-order valence-corrected chi connectivity index (χ3v) is 6.84. The first-order valence-corrected chi connectivity index (χ1v) is 11.2. The summed E-state index contributed by atoms with van der Waals surface area (Å²) in [6.45, 7) is 3.72. The van der Waals surface area contributed by atoms with Crippen LogP contribution in [0.25, 0.3) is 5.76 Å². The van der Waals surface area contributed by atoms with Gasteiger partial charge >= 0.3 is 5.91 Å². The van der Waals surface area contributed by atoms with Crippen LogP contribution in [0.4, 0.5) is 5.13 Å². The van der Waals surface area contributed by atoms with Gasteiger partial charge in [-0.05, 0) is 44.2 Å². The first-order valence-electron chi connectivity index (χ1n) is 10.00. The van der Waals surface area contributed by atoms with E-state index in [1.54, 1.807) is 42.5 Å². The number of carbonyl (C=O) groups excluding carboxylic acids is 2. The molecule has 2 heterocycles. The number of benzene rings is 2. The van der Waals surface area contributed by atoms with E-state index < -0.39 is 17.7 Å². The Hall–Kier alpha value is -3.36. The van der Waals surface area contributed by atoms with Crippen molar-refractivity contribution in [2.24, 2.45) is 0 Å². The van der Waals surface area contributed by atoms with Crippen LogP contribution in [0.2, 0.25) is 5.02 Å². The molecule has 1 aliphatic heterocycles. The molecular weight excluding hydrogens is 464 g/mol. The second-order valence-electron chi connectivity index (χ2n) is 7.40. The van der Waals surface area contributed by atoms with Gasteiger partial charge in [-0.1, -0.05) is 23.7 Å². The van der Waals surface area contributed by atoms with E-state index in [2.05, 4.69) is 4.98 Å². The summed E-state index contributed by atoms with van der Waals surface area (Å²) in [5.41, 5.74) is 1.53. The molecule has 1 fully saturated rings. The summed E-state index contributed by atoms with van der Waals surface area (Å²) in [6, 6.07) is 10.6. The standard InChI is InChI=1S/C24H21ClN2O5S/c1-12-13(2)33-24(26-12)27-19(16-6-5-7-17(31-3)22(16)32-4)18(21(29)23(27)30)20(28)14-8-10-15(25)11-9-14/h5-11,19,28H,1-4H3/b20-18+/t19-/m1/s1. The number of halogens is 1. The van der Waals surface area contributed by atoms with Crippen LogP contribution >= 0.6 is 22.9 Å². The smallest absolute Gasteiger partial charge is 0.301 e. The fourth-order valence-corrected chi connectivity index (χ4v) is 4.84. The summed E-state index contributed by atoms with van der Waals surface area (Å²) in [6.07, 6.45) is 0. The molecule has 1 saturated heterocycles. The van der Waals surface area contributed by atoms with Crippen molar-refractivity contribution in [2.75, 3.05) is 19.1 Å². The lowest BCUT2D eigenvalue weighted by Crippen LogP contribution is -2.29. The van der Waals surface area contributed by atoms with Gasteiger partial charge in [-0.25, -0.2) is 4.98 Å². The van der Waals surface area contributed by atoms with Crippen LogP contribution in [0.15, 0.2) is 48.0 Å². The number of aliphatic hydroxyl groups is 1. The molecule has 0 bridgehead atoms. The number of rotatable bonds is 5. The number of aliphatic hydroxyl groups excluding tert-OH is 1. The molecule has 1 amide bonds. The third-order valence-electron chi connectivity index (χ3n) is 5.51. The summed E-state index contributed by atoms with van der Waals surface area (Å²) >= 11 is 7.28. The molecular formula is C24H21ClN2O5S. The van der Waals surface area contributed by atoms with Crippen molar-refractivity contribution in [1.82, 2.24) is 4.98 Å². The van der Waals surface area contributed by atoms with Crippen molar-refractivity contribution < 1.29 is 24.2 Å². The van der Waals surface area contributed by atoms with Gasteiger partial charge in [0.25, 0.3) is 5.78 Å². The molecule has 170 valence electrons. The number of amides is 1. The highest BCUT2D eigenvalue weighted by Crippen LogP contribution is 2.48. The minimum atomic E-state index is -0.976. The Bertz CT molecular complexity index is 1260. The van der Waals surface area contributed by atoms with Crippen LogP contribution in [-0.2, 0) is 9.59 Å². The van der Waals surface area contributed by atoms with Crippen LogP contribution in [0.5, 0.6) is 11.5 Å². The maximum atomic E-state index is 13.3. The number of hydrogen-bond acceptors (Lipinski definition) is 7. The Morgan fingerprint density at radius 3 is 2.36 bits per heavy atom. The summed E-state index contributed by atoms with van der Waals surface area (Å²) < 4.78 is 11.0. The third kappa shape index (κ3) is 3.85. The summed E-state index contributed by atoms with van der Waals surface area (Å²) in [5, 5.41) is 12.0. The van der Waals surface area contributed by atoms with Crippen molar-refractivity contribution in [2.45, 2.75) is 19.9 Å². The molecule has 2 aromatic carbocycles. The first-order chi connectivity index (χ1) is 15.8. The van der Waals surface area contributed by atoms with E-state index in [4.69, 9.17) is 21.1 Å². The first kappa shape index (κ1) is 22.8. The molecule has 1 aliphatic rings. The average molecular weight is 485 g/mol. The molecule has 1 aromatic heterocycles. The number of ketones is 1. The molecule has 1 N–H and O–H groups in total. The highest BCUT2D eigenvalue weighted by Gasteiger charge is 2.49. The quantitative estimate of drug-likeness (QED) is 0.309. The number of thiazole rings is 1. The zero-order chi connectivity index (χ0) is 23.9. The van der Waals surface area contributed by atoms with Gasteiger partial charge in [0.05, 0.1) is 25.5 Å². The second-order valence-corrected chi connectivity index (χ2v) is 9.01. The van der Waals surface area contributed by atoms with Gasteiger partial charge in [0.2, 0.25) is 0 Å². The van der Waals surface area contributed by atoms with E-state index in [-0.39, 0.29) is 11.3 Å². The number of para-hydroxylation sites is 1.